The molecule has 2 aromatic carbocycles. The van der Waals surface area contributed by atoms with Crippen LogP contribution in [0.5, 0.6) is 0 Å². The number of carboxylic acid groups (broad SMARTS) is 1. The van der Waals surface area contributed by atoms with Crippen LogP contribution in [0.25, 0.3) is 0 Å². The quantitative estimate of drug-likeness (QED) is 0.136. The number of anilines is 1. The van der Waals surface area contributed by atoms with Gasteiger partial charge in [-0.1, -0.05) is 21.3 Å². The first-order chi connectivity index (χ1) is 34.6. The zero-order valence-corrected chi connectivity index (χ0v) is 46.0. The molecule has 0 aromatic heterocycles. The molecule has 0 spiro atoms. The first-order valence-electron chi connectivity index (χ1n) is 28.6. The number of fused-ring (bicyclic) bond motifs is 10. The largest absolute Gasteiger partial charge is 0.481 e. The molecule has 5 N–H and O–H groups in total. The SMILES string of the molecule is C.C#C.CCOC[C@@]1(O)CC[C@H]2[C@H](CC[C@@H]3[C@@H]2CC[C@]2(C)[C@@H](C(=O)Cc4c(C)cc(F)cc4C)CC[C@@H]32)C1.CCOC[C@@]1(O)CC[C@H]2[C@H](CC[C@@H]3[C@@H]2CC[C@]2(C)[C@@H](C(=O)O)CC[C@@H]32)C1.Cc1cc(F)cc(C)c1N. The van der Waals surface area contributed by atoms with E-state index >= 15 is 0 Å². The highest BCUT2D eigenvalue weighted by Gasteiger charge is 2.61. The zero-order chi connectivity index (χ0) is 53.2. The van der Waals surface area contributed by atoms with E-state index in [1.165, 1.54) is 57.1 Å². The number of nitrogens with two attached hydrogens (primary N) is 1. The number of aliphatic carboxylic acids is 1. The van der Waals surface area contributed by atoms with Gasteiger partial charge in [-0.2, -0.15) is 0 Å². The third-order valence-electron chi connectivity index (χ3n) is 21.6. The minimum atomic E-state index is -0.630. The van der Waals surface area contributed by atoms with Crippen molar-refractivity contribution in [2.24, 2.45) is 81.8 Å². The van der Waals surface area contributed by atoms with E-state index in [1.54, 1.807) is 26.0 Å². The second kappa shape index (κ2) is 24.5. The van der Waals surface area contributed by atoms with Gasteiger partial charge in [0.1, 0.15) is 17.4 Å². The fourth-order valence-corrected chi connectivity index (χ4v) is 18.1. The number of carbonyl (C=O) groups excluding carboxylic acids is 1. The molecule has 2 aromatic rings. The van der Waals surface area contributed by atoms with Crippen LogP contribution in [-0.2, 0) is 25.5 Å². The highest BCUT2D eigenvalue weighted by molar-refractivity contribution is 5.85. The molecule has 0 bridgehead atoms. The van der Waals surface area contributed by atoms with Crippen molar-refractivity contribution in [3.05, 3.63) is 63.7 Å². The molecule has 0 radical (unpaired) electrons. The van der Waals surface area contributed by atoms with Gasteiger partial charge in [0.05, 0.1) is 30.3 Å². The third kappa shape index (κ3) is 12.2. The summed E-state index contributed by atoms with van der Waals surface area (Å²) in [5.41, 5.74) is 9.58. The number of aryl methyl sites for hydroxylation is 4. The summed E-state index contributed by atoms with van der Waals surface area (Å²) < 4.78 is 37.5. The fraction of sp³-hybridized carbons (Fsp3) is 0.750. The maximum Gasteiger partial charge on any atom is 0.307 e. The molecule has 10 heteroatoms. The van der Waals surface area contributed by atoms with Gasteiger partial charge in [-0.05, 0) is 279 Å². The number of hydrogen-bond acceptors (Lipinski definition) is 7. The molecule has 8 aliphatic rings. The van der Waals surface area contributed by atoms with E-state index in [-0.39, 0.29) is 41.7 Å². The van der Waals surface area contributed by atoms with Crippen molar-refractivity contribution in [1.82, 2.24) is 0 Å². The lowest BCUT2D eigenvalue weighted by molar-refractivity contribution is -0.152. The summed E-state index contributed by atoms with van der Waals surface area (Å²) in [5.74, 6) is 6.35. The molecule has 0 heterocycles. The van der Waals surface area contributed by atoms with Gasteiger partial charge in [-0.3, -0.25) is 9.59 Å². The lowest BCUT2D eigenvalue weighted by Crippen LogP contribution is -2.52. The Bertz CT molecular complexity index is 2220. The molecule has 0 unspecified atom stereocenters. The van der Waals surface area contributed by atoms with Gasteiger partial charge >= 0.3 is 5.97 Å². The van der Waals surface area contributed by atoms with Gasteiger partial charge < -0.3 is 30.5 Å². The molecule has 0 amide bonds. The van der Waals surface area contributed by atoms with Crippen LogP contribution in [0.15, 0.2) is 24.3 Å². The minimum Gasteiger partial charge on any atom is -0.481 e. The number of rotatable bonds is 10. The van der Waals surface area contributed by atoms with E-state index in [1.807, 2.05) is 27.7 Å². The van der Waals surface area contributed by atoms with E-state index < -0.39 is 17.2 Å². The molecular weight excluding hydrogens is 933 g/mol. The lowest BCUT2D eigenvalue weighted by Gasteiger charge is -2.57. The van der Waals surface area contributed by atoms with E-state index in [0.717, 1.165) is 134 Å². The predicted octanol–water partition coefficient (Wildman–Crippen LogP) is 13.6. The zero-order valence-electron chi connectivity index (χ0n) is 46.0. The smallest absolute Gasteiger partial charge is 0.307 e. The normalized spacial score (nSPS) is 38.4. The Hall–Kier alpha value is -3.36. The minimum absolute atomic E-state index is 0. The molecule has 16 atom stereocenters. The van der Waals surface area contributed by atoms with E-state index in [4.69, 9.17) is 15.2 Å². The van der Waals surface area contributed by atoms with Crippen molar-refractivity contribution < 1.29 is 43.2 Å². The summed E-state index contributed by atoms with van der Waals surface area (Å²) in [5, 5.41) is 31.7. The molecule has 8 nitrogen and oxygen atoms in total. The number of ether oxygens (including phenoxy) is 2. The molecular formula is C64H97F2NO7. The Morgan fingerprint density at radius 2 is 0.986 bits per heavy atom. The molecule has 0 aliphatic heterocycles. The second-order valence-electron chi connectivity index (χ2n) is 25.4. The average Bonchev–Trinajstić information content (AvgIpc) is 3.91. The number of carboxylic acids is 1. The van der Waals surface area contributed by atoms with E-state index in [9.17, 15) is 33.7 Å². The summed E-state index contributed by atoms with van der Waals surface area (Å²) in [6, 6.07) is 6.00. The second-order valence-corrected chi connectivity index (χ2v) is 25.4. The number of nitrogen functional groups attached to an aromatic ring is 1. The highest BCUT2D eigenvalue weighted by atomic mass is 19.1. The number of hydrogen-bond donors (Lipinski definition) is 4. The number of ketones is 1. The van der Waals surface area contributed by atoms with Crippen molar-refractivity contribution in [3.63, 3.8) is 0 Å². The number of Topliss-reactive ketones (excluding diaryl/α,β-unsaturated/α-hetero) is 1. The van der Waals surface area contributed by atoms with Crippen molar-refractivity contribution in [1.29, 1.82) is 0 Å². The van der Waals surface area contributed by atoms with E-state index in [0.29, 0.717) is 68.0 Å². The topological polar surface area (TPSA) is 139 Å². The molecule has 0 saturated heterocycles. The van der Waals surface area contributed by atoms with Gasteiger partial charge in [0.2, 0.25) is 0 Å². The highest BCUT2D eigenvalue weighted by Crippen LogP contribution is 2.66. The van der Waals surface area contributed by atoms with Crippen LogP contribution < -0.4 is 5.73 Å². The van der Waals surface area contributed by atoms with Crippen molar-refractivity contribution in [2.45, 2.75) is 196 Å². The number of benzene rings is 2. The fourth-order valence-electron chi connectivity index (χ4n) is 18.1. The number of carbonyl (C=O) groups is 2. The summed E-state index contributed by atoms with van der Waals surface area (Å²) in [6.45, 7) is 18.5. The monoisotopic (exact) mass is 1030 g/mol. The third-order valence-corrected chi connectivity index (χ3v) is 21.6. The Morgan fingerprint density at radius 3 is 1.41 bits per heavy atom. The number of halogens is 2. The average molecular weight is 1030 g/mol. The van der Waals surface area contributed by atoms with Crippen LogP contribution >= 0.6 is 0 Å². The summed E-state index contributed by atoms with van der Waals surface area (Å²) in [7, 11) is 0. The van der Waals surface area contributed by atoms with Crippen molar-refractivity contribution in [3.8, 4) is 12.8 Å². The summed E-state index contributed by atoms with van der Waals surface area (Å²) >= 11 is 0. The van der Waals surface area contributed by atoms with Crippen molar-refractivity contribution in [2.75, 3.05) is 32.2 Å². The molecule has 8 fully saturated rings. The molecule has 414 valence electrons. The Labute approximate surface area is 445 Å². The first-order valence-corrected chi connectivity index (χ1v) is 28.6. The standard InChI is InChI=1S/C31H45FO3.C22H36O4.C8H10FN.C2H2.CH4/c1-5-35-18-31(34)13-11-23-21(17-31)6-7-25-24(23)10-12-30(4)27(25)8-9-28(30)29(33)16-26-19(2)14-22(32)15-20(26)3;1-3-26-13-22(25)11-9-15-14(12-22)4-5-17-16(15)8-10-21(2)18(17)6-7-19(21)20(23)24;1-5-3-7(9)4-6(2)8(5)10;1-2;/h14-15,21,23-25,27-28,34H,5-13,16-18H2,1-4H3;14-19,25H,3-13H2,1-2H3,(H,23,24);3-4H,10H2,1-2H3;1-2H;1H4/t21-,23+,24-,25-,27+,28-,30+,31-;14-,15+,16-,17-,18+,19-,21+,22-;;;/m11.../s1. The van der Waals surface area contributed by atoms with Gasteiger partial charge in [0, 0.05) is 31.2 Å². The van der Waals surface area contributed by atoms with Crippen LogP contribution in [0.3, 0.4) is 0 Å². The van der Waals surface area contributed by atoms with Crippen LogP contribution in [0.4, 0.5) is 14.5 Å². The van der Waals surface area contributed by atoms with Gasteiger partial charge in [0.25, 0.3) is 0 Å². The first kappa shape index (κ1) is 59.9. The van der Waals surface area contributed by atoms with Crippen LogP contribution in [0.1, 0.15) is 179 Å². The Balaban J connectivity index is 0.000000200. The van der Waals surface area contributed by atoms with Gasteiger partial charge in [0.15, 0.2) is 0 Å². The van der Waals surface area contributed by atoms with E-state index in [2.05, 4.69) is 26.7 Å². The maximum atomic E-state index is 13.8. The maximum absolute atomic E-state index is 13.8. The van der Waals surface area contributed by atoms with Crippen LogP contribution in [-0.4, -0.2) is 64.7 Å². The Morgan fingerprint density at radius 1 is 0.595 bits per heavy atom. The van der Waals surface area contributed by atoms with Gasteiger partial charge in [-0.15, -0.1) is 12.8 Å². The summed E-state index contributed by atoms with van der Waals surface area (Å²) in [4.78, 5) is 25.4. The summed E-state index contributed by atoms with van der Waals surface area (Å²) in [6.07, 6.45) is 28.1. The van der Waals surface area contributed by atoms with Crippen molar-refractivity contribution >= 4 is 17.4 Å². The molecule has 74 heavy (non-hydrogen) atoms. The predicted molar refractivity (Wildman–Crippen MR) is 293 cm³/mol. The number of terminal acetylenes is 1. The lowest BCUT2D eigenvalue weighted by atomic mass is 9.49. The van der Waals surface area contributed by atoms with Gasteiger partial charge in [-0.25, -0.2) is 8.78 Å². The van der Waals surface area contributed by atoms with Crippen LogP contribution in [0, 0.1) is 134 Å². The molecule has 8 saturated carbocycles. The Kier molecular flexibility index (Phi) is 19.9. The molecule has 10 rings (SSSR count). The van der Waals surface area contributed by atoms with Crippen LogP contribution in [0.2, 0.25) is 0 Å². The molecule has 8 aliphatic carbocycles. The number of aliphatic hydroxyl groups is 2.